The molecule has 3 aliphatic heterocycles. The Morgan fingerprint density at radius 1 is 0.494 bits per heavy atom. The summed E-state index contributed by atoms with van der Waals surface area (Å²) in [7, 11) is -5.42. The van der Waals surface area contributed by atoms with Crippen molar-refractivity contribution in [1.82, 2.24) is 0 Å². The number of esters is 1. The molecule has 16 N–H and O–H groups in total. The van der Waals surface area contributed by atoms with E-state index in [1.54, 1.807) is 0 Å². The van der Waals surface area contributed by atoms with Gasteiger partial charge in [-0.3, -0.25) is 13.8 Å². The first-order chi connectivity index (χ1) is 42.7. The van der Waals surface area contributed by atoms with Crippen LogP contribution in [0.4, 0.5) is 0 Å². The number of aliphatic hydroxyl groups is 13. The third-order valence-electron chi connectivity index (χ3n) is 17.0. The van der Waals surface area contributed by atoms with Crippen molar-refractivity contribution in [2.45, 2.75) is 328 Å². The molecule has 0 bridgehead atoms. The topological polar surface area (TPSA) is 436 Å². The molecule has 0 amide bonds. The largest absolute Gasteiger partial charge is 0.472 e. The predicted octanol–water partition coefficient (Wildman–Crippen LogP) is 2.19. The van der Waals surface area contributed by atoms with Crippen molar-refractivity contribution in [3.63, 3.8) is 0 Å². The lowest BCUT2D eigenvalue weighted by Gasteiger charge is -2.49. The number of carbonyl (C=O) groups is 1. The minimum Gasteiger partial charge on any atom is -0.457 e. The molecule has 3 saturated heterocycles. The molecule has 0 aromatic rings. The molecule has 4 fully saturated rings. The molecule has 1 aliphatic carbocycles. The van der Waals surface area contributed by atoms with Gasteiger partial charge in [0.2, 0.25) is 0 Å². The number of allylic oxidation sites excluding steroid dienone is 2. The zero-order valence-corrected chi connectivity index (χ0v) is 53.5. The van der Waals surface area contributed by atoms with Gasteiger partial charge in [0, 0.05) is 13.0 Å². The van der Waals surface area contributed by atoms with Crippen LogP contribution in [0.1, 0.15) is 194 Å². The lowest BCUT2D eigenvalue weighted by molar-refractivity contribution is -0.362. The van der Waals surface area contributed by atoms with Crippen molar-refractivity contribution in [2.75, 3.05) is 39.6 Å². The van der Waals surface area contributed by atoms with Crippen LogP contribution in [0.2, 0.25) is 0 Å². The van der Waals surface area contributed by atoms with E-state index in [0.29, 0.717) is 19.4 Å². The van der Waals surface area contributed by atoms with Crippen molar-refractivity contribution < 1.29 is 128 Å². The van der Waals surface area contributed by atoms with E-state index in [-0.39, 0.29) is 13.0 Å². The van der Waals surface area contributed by atoms with Crippen LogP contribution >= 0.6 is 7.82 Å². The maximum atomic E-state index is 13.8. The summed E-state index contributed by atoms with van der Waals surface area (Å²) in [6.45, 7) is 1.09. The van der Waals surface area contributed by atoms with E-state index in [1.807, 2.05) is 0 Å². The van der Waals surface area contributed by atoms with Crippen molar-refractivity contribution in [1.29, 1.82) is 0 Å². The van der Waals surface area contributed by atoms with Crippen molar-refractivity contribution in [3.8, 4) is 0 Å². The molecule has 3 heterocycles. The summed E-state index contributed by atoms with van der Waals surface area (Å²) in [6, 6.07) is -1.79. The summed E-state index contributed by atoms with van der Waals surface area (Å²) in [5, 5.41) is 140. The maximum Gasteiger partial charge on any atom is 0.472 e. The molecule has 89 heavy (non-hydrogen) atoms. The number of carbonyl (C=O) groups excluding carboxylic acids is 1. The van der Waals surface area contributed by atoms with Crippen LogP contribution in [0.5, 0.6) is 0 Å². The number of unbranched alkanes of at least 4 members (excludes halogenated alkanes) is 24. The highest BCUT2D eigenvalue weighted by Crippen LogP contribution is 2.48. The average Bonchev–Trinajstić information content (AvgIpc) is 0.904. The first-order valence-electron chi connectivity index (χ1n) is 33.1. The van der Waals surface area contributed by atoms with Crippen LogP contribution in [0.3, 0.4) is 0 Å². The number of aliphatic hydroxyl groups excluding tert-OH is 13. The van der Waals surface area contributed by atoms with Crippen LogP contribution in [-0.2, 0) is 56.3 Å². The van der Waals surface area contributed by atoms with Gasteiger partial charge >= 0.3 is 13.8 Å². The normalized spacial score (nSPS) is 34.6. The Kier molecular flexibility index (Phi) is 39.7. The van der Waals surface area contributed by atoms with Crippen molar-refractivity contribution >= 4 is 13.8 Å². The van der Waals surface area contributed by atoms with E-state index in [0.717, 1.165) is 64.2 Å². The molecule has 1 saturated carbocycles. The minimum absolute atomic E-state index is 0.194. The van der Waals surface area contributed by atoms with Crippen molar-refractivity contribution in [2.24, 2.45) is 5.73 Å². The molecule has 27 nitrogen and oxygen atoms in total. The van der Waals surface area contributed by atoms with Gasteiger partial charge < -0.3 is 115 Å². The predicted molar refractivity (Wildman–Crippen MR) is 321 cm³/mol. The van der Waals surface area contributed by atoms with Crippen LogP contribution in [-0.4, -0.2) is 252 Å². The minimum atomic E-state index is -5.42. The molecule has 4 aliphatic rings. The van der Waals surface area contributed by atoms with E-state index < -0.39 is 175 Å². The van der Waals surface area contributed by atoms with Gasteiger partial charge in [-0.05, 0) is 38.5 Å². The number of phosphoric acid groups is 1. The Morgan fingerprint density at radius 2 is 0.944 bits per heavy atom. The Labute approximate surface area is 525 Å². The number of hydrogen-bond donors (Lipinski definition) is 15. The molecule has 23 atom stereocenters. The van der Waals surface area contributed by atoms with Gasteiger partial charge in [-0.15, -0.1) is 0 Å². The van der Waals surface area contributed by atoms with E-state index >= 15 is 0 Å². The maximum absolute atomic E-state index is 13.8. The lowest BCUT2D eigenvalue weighted by Crippen LogP contribution is -2.70. The molecule has 1 unspecified atom stereocenters. The van der Waals surface area contributed by atoms with E-state index in [2.05, 4.69) is 26.0 Å². The number of ether oxygens (including phenoxy) is 8. The SMILES string of the molecule is CCCCCC/C=C\CCCCCCCC(=O)O[C@@H]1[C@H](O)[C@@H](O)[C@H](O)[C@@H](O[C@H]2O[C@H](CO)[C@@H](O[C@H]3O[C@H](CO[C@H]4O[C@H](CO)[C@@H](O)[C@H](O)[C@@H]4O)[C@@H](O)[C@H](O)[C@@H]3O)[C@H](O)[C@H]2N)[C@@H]1OP(=O)(O)OC[C@@H](O)COCCCCCCCCCCCCCCCCCC. The van der Waals surface area contributed by atoms with Crippen LogP contribution in [0, 0.1) is 0 Å². The summed E-state index contributed by atoms with van der Waals surface area (Å²) in [6.07, 6.45) is -6.05. The second-order valence-electron chi connectivity index (χ2n) is 24.5. The molecule has 524 valence electrons. The molecule has 0 aromatic carbocycles. The smallest absolute Gasteiger partial charge is 0.457 e. The van der Waals surface area contributed by atoms with Gasteiger partial charge in [-0.2, -0.15) is 0 Å². The van der Waals surface area contributed by atoms with Gasteiger partial charge in [0.05, 0.1) is 39.1 Å². The van der Waals surface area contributed by atoms with E-state index in [4.69, 9.17) is 52.7 Å². The standard InChI is InChI=1S/C61H114NO26P/c1-3-5-7-9-11-13-15-17-18-19-21-23-25-27-29-31-33-79-36-39(65)37-81-89(77,78)88-58-56(85-43(66)32-30-28-26-24-22-20-16-14-12-10-8-6-4-2)51(73)50(72)52(74)57(58)87-59-44(62)47(69)55(41(35-64)83-59)86-61-54(76)49(71)46(68)42(84-61)38-80-60-53(75)48(70)45(67)40(34-63)82-60/h14,16,39-42,44-61,63-65,67-76H,3-13,15,17-38,62H2,1-2H3,(H,77,78)/b16-14-/t39-,40+,41+,42+,44+,45+,46+,47+,48-,49-,50+,51+,52-,53-,54-,55+,56+,57+,58+,59+,60-,61+/m0/s1. The van der Waals surface area contributed by atoms with Crippen LogP contribution < -0.4 is 5.73 Å². The molecule has 0 spiro atoms. The lowest BCUT2D eigenvalue weighted by atomic mass is 9.84. The number of hydrogen-bond acceptors (Lipinski definition) is 26. The summed E-state index contributed by atoms with van der Waals surface area (Å²) < 4.78 is 69.9. The molecule has 0 aromatic heterocycles. The molecular formula is C61H114NO26P. The highest BCUT2D eigenvalue weighted by Gasteiger charge is 2.58. The zero-order valence-electron chi connectivity index (χ0n) is 52.6. The van der Waals surface area contributed by atoms with Crippen LogP contribution in [0.25, 0.3) is 0 Å². The van der Waals surface area contributed by atoms with Gasteiger partial charge in [0.1, 0.15) is 104 Å². The Balaban J connectivity index is 1.37. The van der Waals surface area contributed by atoms with Crippen LogP contribution in [0.15, 0.2) is 12.2 Å². The zero-order chi connectivity index (χ0) is 65.3. The Bertz CT molecular complexity index is 1920. The van der Waals surface area contributed by atoms with E-state index in [1.165, 1.54) is 96.3 Å². The van der Waals surface area contributed by atoms with Gasteiger partial charge in [-0.25, -0.2) is 4.57 Å². The molecule has 4 rings (SSSR count). The summed E-state index contributed by atoms with van der Waals surface area (Å²) >= 11 is 0. The summed E-state index contributed by atoms with van der Waals surface area (Å²) in [4.78, 5) is 24.6. The van der Waals surface area contributed by atoms with Gasteiger partial charge in [0.15, 0.2) is 25.0 Å². The molecule has 28 heteroatoms. The Morgan fingerprint density at radius 3 is 1.51 bits per heavy atom. The highest BCUT2D eigenvalue weighted by molar-refractivity contribution is 7.47. The Hall–Kier alpha value is -1.52. The fourth-order valence-corrected chi connectivity index (χ4v) is 12.4. The second-order valence-corrected chi connectivity index (χ2v) is 25.9. The third kappa shape index (κ3) is 27.6. The van der Waals surface area contributed by atoms with Gasteiger partial charge in [0.25, 0.3) is 0 Å². The quantitative estimate of drug-likeness (QED) is 0.0180. The second kappa shape index (κ2) is 44.3. The van der Waals surface area contributed by atoms with E-state index in [9.17, 15) is 80.6 Å². The number of nitrogens with two attached hydrogens (primary N) is 1. The number of phosphoric ester groups is 1. The number of rotatable bonds is 47. The van der Waals surface area contributed by atoms with Crippen molar-refractivity contribution in [3.05, 3.63) is 12.2 Å². The third-order valence-corrected chi connectivity index (χ3v) is 18.0. The molecule has 0 radical (unpaired) electrons. The molecular weight excluding hydrogens is 1190 g/mol. The summed E-state index contributed by atoms with van der Waals surface area (Å²) in [5.41, 5.74) is 6.43. The van der Waals surface area contributed by atoms with Gasteiger partial charge in [-0.1, -0.05) is 161 Å². The monoisotopic (exact) mass is 1310 g/mol. The first-order valence-corrected chi connectivity index (χ1v) is 34.6. The highest BCUT2D eigenvalue weighted by atomic mass is 31.2. The fourth-order valence-electron chi connectivity index (χ4n) is 11.4. The first kappa shape index (κ1) is 79.9. The average molecular weight is 1310 g/mol. The fraction of sp³-hybridized carbons (Fsp3) is 0.951. The summed E-state index contributed by atoms with van der Waals surface area (Å²) in [5.74, 6) is -0.921.